The van der Waals surface area contributed by atoms with Crippen molar-refractivity contribution in [1.29, 1.82) is 0 Å². The zero-order valence-corrected chi connectivity index (χ0v) is 11.3. The van der Waals surface area contributed by atoms with Crippen LogP contribution in [0.3, 0.4) is 0 Å². The van der Waals surface area contributed by atoms with Crippen LogP contribution in [-0.4, -0.2) is 17.7 Å². The van der Waals surface area contributed by atoms with Gasteiger partial charge in [0.05, 0.1) is 6.61 Å². The summed E-state index contributed by atoms with van der Waals surface area (Å²) in [6, 6.07) is 17.8. The first-order valence-corrected chi connectivity index (χ1v) is 6.71. The lowest BCUT2D eigenvalue weighted by molar-refractivity contribution is -0.136. The quantitative estimate of drug-likeness (QED) is 0.839. The van der Waals surface area contributed by atoms with Crippen molar-refractivity contribution in [2.24, 2.45) is 0 Å². The monoisotopic (exact) mass is 270 g/mol. The number of benzene rings is 2. The van der Waals surface area contributed by atoms with Crippen molar-refractivity contribution in [3.8, 4) is 5.75 Å². The zero-order valence-electron chi connectivity index (χ0n) is 11.3. The summed E-state index contributed by atoms with van der Waals surface area (Å²) in [5, 5.41) is 8.68. The molecule has 1 N–H and O–H groups in total. The van der Waals surface area contributed by atoms with Gasteiger partial charge in [0.1, 0.15) is 5.75 Å². The third kappa shape index (κ3) is 4.76. The van der Waals surface area contributed by atoms with Crippen LogP contribution in [0.25, 0.3) is 0 Å². The lowest BCUT2D eigenvalue weighted by Crippen LogP contribution is -2.02. The Bertz CT molecular complexity index is 549. The number of ether oxygens (including phenoxy) is 1. The highest BCUT2D eigenvalue weighted by Gasteiger charge is 2.01. The summed E-state index contributed by atoms with van der Waals surface area (Å²) in [5.41, 5.74) is 2.24. The van der Waals surface area contributed by atoms with E-state index in [0.29, 0.717) is 13.0 Å². The second kappa shape index (κ2) is 7.34. The molecule has 0 saturated heterocycles. The molecule has 0 unspecified atom stereocenters. The molecule has 20 heavy (non-hydrogen) atoms. The van der Waals surface area contributed by atoms with Crippen molar-refractivity contribution in [2.45, 2.75) is 19.3 Å². The van der Waals surface area contributed by atoms with Crippen LogP contribution < -0.4 is 4.74 Å². The van der Waals surface area contributed by atoms with E-state index >= 15 is 0 Å². The fourth-order valence-corrected chi connectivity index (χ4v) is 1.97. The second-order valence-electron chi connectivity index (χ2n) is 4.63. The average molecular weight is 270 g/mol. The maximum Gasteiger partial charge on any atom is 0.303 e. The molecule has 0 radical (unpaired) electrons. The number of aliphatic carboxylic acids is 1. The summed E-state index contributed by atoms with van der Waals surface area (Å²) >= 11 is 0. The highest BCUT2D eigenvalue weighted by atomic mass is 16.5. The second-order valence-corrected chi connectivity index (χ2v) is 4.63. The van der Waals surface area contributed by atoms with Crippen molar-refractivity contribution in [3.05, 3.63) is 65.7 Å². The standard InChI is InChI=1S/C17H18O3/c18-17(19)10-9-15-7-4-8-16(13-15)20-12-11-14-5-2-1-3-6-14/h1-8,13H,9-12H2,(H,18,19). The van der Waals surface area contributed by atoms with E-state index in [0.717, 1.165) is 17.7 Å². The topological polar surface area (TPSA) is 46.5 Å². The highest BCUT2D eigenvalue weighted by molar-refractivity contribution is 5.67. The van der Waals surface area contributed by atoms with Gasteiger partial charge >= 0.3 is 5.97 Å². The van der Waals surface area contributed by atoms with Crippen LogP contribution in [0.5, 0.6) is 5.75 Å². The van der Waals surface area contributed by atoms with E-state index in [9.17, 15) is 4.79 Å². The molecule has 0 fully saturated rings. The zero-order chi connectivity index (χ0) is 14.2. The van der Waals surface area contributed by atoms with Crippen LogP contribution in [0.2, 0.25) is 0 Å². The van der Waals surface area contributed by atoms with E-state index in [2.05, 4.69) is 12.1 Å². The smallest absolute Gasteiger partial charge is 0.303 e. The minimum absolute atomic E-state index is 0.146. The summed E-state index contributed by atoms with van der Waals surface area (Å²) in [4.78, 5) is 10.6. The Morgan fingerprint density at radius 1 is 0.950 bits per heavy atom. The number of carboxylic acid groups (broad SMARTS) is 1. The van der Waals surface area contributed by atoms with Gasteiger partial charge in [0.25, 0.3) is 0 Å². The number of carboxylic acids is 1. The van der Waals surface area contributed by atoms with Crippen molar-refractivity contribution in [1.82, 2.24) is 0 Å². The van der Waals surface area contributed by atoms with Gasteiger partial charge in [0.2, 0.25) is 0 Å². The van der Waals surface area contributed by atoms with Crippen LogP contribution in [0, 0.1) is 0 Å². The first kappa shape index (κ1) is 14.1. The third-order valence-electron chi connectivity index (χ3n) is 3.03. The molecule has 2 rings (SSSR count). The van der Waals surface area contributed by atoms with E-state index in [-0.39, 0.29) is 6.42 Å². The molecule has 0 bridgehead atoms. The maximum absolute atomic E-state index is 10.6. The van der Waals surface area contributed by atoms with E-state index in [1.165, 1.54) is 5.56 Å². The van der Waals surface area contributed by atoms with Gasteiger partial charge < -0.3 is 9.84 Å². The van der Waals surface area contributed by atoms with Gasteiger partial charge in [-0.3, -0.25) is 4.79 Å². The molecule has 0 aromatic heterocycles. The number of carbonyl (C=O) groups is 1. The summed E-state index contributed by atoms with van der Waals surface area (Å²) in [7, 11) is 0. The molecule has 104 valence electrons. The van der Waals surface area contributed by atoms with Crippen LogP contribution >= 0.6 is 0 Å². The molecular weight excluding hydrogens is 252 g/mol. The Morgan fingerprint density at radius 3 is 2.45 bits per heavy atom. The molecule has 0 atom stereocenters. The Kier molecular flexibility index (Phi) is 5.18. The Balaban J connectivity index is 1.83. The molecule has 3 heteroatoms. The van der Waals surface area contributed by atoms with E-state index in [4.69, 9.17) is 9.84 Å². The molecule has 0 aliphatic rings. The van der Waals surface area contributed by atoms with Crippen molar-refractivity contribution >= 4 is 5.97 Å². The van der Waals surface area contributed by atoms with E-state index in [1.807, 2.05) is 42.5 Å². The maximum atomic E-state index is 10.6. The normalized spacial score (nSPS) is 10.2. The van der Waals surface area contributed by atoms with Crippen molar-refractivity contribution in [2.75, 3.05) is 6.61 Å². The van der Waals surface area contributed by atoms with Crippen LogP contribution in [0.4, 0.5) is 0 Å². The average Bonchev–Trinajstić information content (AvgIpc) is 2.47. The number of hydrogen-bond acceptors (Lipinski definition) is 2. The number of rotatable bonds is 7. The lowest BCUT2D eigenvalue weighted by Gasteiger charge is -2.08. The number of hydrogen-bond donors (Lipinski definition) is 1. The van der Waals surface area contributed by atoms with Gasteiger partial charge in [-0.05, 0) is 29.7 Å². The summed E-state index contributed by atoms with van der Waals surface area (Å²) in [6.07, 6.45) is 1.54. The molecule has 0 amide bonds. The SMILES string of the molecule is O=C(O)CCc1cccc(OCCc2ccccc2)c1. The fourth-order valence-electron chi connectivity index (χ4n) is 1.97. The minimum Gasteiger partial charge on any atom is -0.493 e. The highest BCUT2D eigenvalue weighted by Crippen LogP contribution is 2.15. The molecule has 0 spiro atoms. The Hall–Kier alpha value is -2.29. The van der Waals surface area contributed by atoms with Gasteiger partial charge in [-0.25, -0.2) is 0 Å². The van der Waals surface area contributed by atoms with Gasteiger partial charge in [0.15, 0.2) is 0 Å². The predicted molar refractivity (Wildman–Crippen MR) is 78.0 cm³/mol. The van der Waals surface area contributed by atoms with Gasteiger partial charge in [-0.1, -0.05) is 42.5 Å². The molecule has 2 aromatic carbocycles. The fraction of sp³-hybridized carbons (Fsp3) is 0.235. The van der Waals surface area contributed by atoms with Crippen LogP contribution in [-0.2, 0) is 17.6 Å². The Morgan fingerprint density at radius 2 is 1.70 bits per heavy atom. The first-order valence-electron chi connectivity index (χ1n) is 6.71. The van der Waals surface area contributed by atoms with Gasteiger partial charge in [-0.15, -0.1) is 0 Å². The van der Waals surface area contributed by atoms with Gasteiger partial charge in [0, 0.05) is 12.8 Å². The molecule has 0 aliphatic carbocycles. The van der Waals surface area contributed by atoms with E-state index in [1.54, 1.807) is 0 Å². The Labute approximate surface area is 118 Å². The van der Waals surface area contributed by atoms with Crippen LogP contribution in [0.1, 0.15) is 17.5 Å². The summed E-state index contributed by atoms with van der Waals surface area (Å²) < 4.78 is 5.71. The lowest BCUT2D eigenvalue weighted by atomic mass is 10.1. The van der Waals surface area contributed by atoms with E-state index < -0.39 is 5.97 Å². The molecular formula is C17H18O3. The van der Waals surface area contributed by atoms with Gasteiger partial charge in [-0.2, -0.15) is 0 Å². The minimum atomic E-state index is -0.777. The predicted octanol–water partition coefficient (Wildman–Crippen LogP) is 3.33. The van der Waals surface area contributed by atoms with Crippen LogP contribution in [0.15, 0.2) is 54.6 Å². The third-order valence-corrected chi connectivity index (χ3v) is 3.03. The molecule has 3 nitrogen and oxygen atoms in total. The summed E-state index contributed by atoms with van der Waals surface area (Å²) in [5.74, 6) is 0.0178. The molecule has 2 aromatic rings. The first-order chi connectivity index (χ1) is 9.74. The van der Waals surface area contributed by atoms with Crippen molar-refractivity contribution in [3.63, 3.8) is 0 Å². The summed E-state index contributed by atoms with van der Waals surface area (Å²) in [6.45, 7) is 0.617. The largest absolute Gasteiger partial charge is 0.493 e. The molecule has 0 aliphatic heterocycles. The number of aryl methyl sites for hydroxylation is 1. The molecule has 0 saturated carbocycles. The molecule has 0 heterocycles. The van der Waals surface area contributed by atoms with Crippen molar-refractivity contribution < 1.29 is 14.6 Å².